The maximum absolute atomic E-state index is 12.0. The van der Waals surface area contributed by atoms with E-state index in [0.29, 0.717) is 6.42 Å². The summed E-state index contributed by atoms with van der Waals surface area (Å²) in [6.45, 7) is 1.99. The van der Waals surface area contributed by atoms with Gasteiger partial charge in [-0.15, -0.1) is 0 Å². The second-order valence-corrected chi connectivity index (χ2v) is 5.07. The van der Waals surface area contributed by atoms with Gasteiger partial charge in [-0.2, -0.15) is 5.10 Å². The van der Waals surface area contributed by atoms with Crippen molar-refractivity contribution in [1.82, 2.24) is 15.5 Å². The smallest absolute Gasteiger partial charge is 0.326 e. The van der Waals surface area contributed by atoms with E-state index in [-0.39, 0.29) is 12.3 Å². The Morgan fingerprint density at radius 2 is 2.24 bits per heavy atom. The maximum Gasteiger partial charge on any atom is 0.326 e. The molecule has 6 nitrogen and oxygen atoms in total. The highest BCUT2D eigenvalue weighted by molar-refractivity contribution is 5.86. The Morgan fingerprint density at radius 1 is 1.43 bits per heavy atom. The Morgan fingerprint density at radius 3 is 2.95 bits per heavy atom. The molecule has 21 heavy (non-hydrogen) atoms. The number of carbonyl (C=O) groups is 2. The first-order valence-corrected chi connectivity index (χ1v) is 7.04. The van der Waals surface area contributed by atoms with Crippen LogP contribution in [-0.4, -0.2) is 33.2 Å². The van der Waals surface area contributed by atoms with E-state index in [9.17, 15) is 9.59 Å². The molecular formula is C15H19N3O3. The quantitative estimate of drug-likeness (QED) is 0.725. The van der Waals surface area contributed by atoms with Crippen LogP contribution in [0.15, 0.2) is 24.4 Å². The van der Waals surface area contributed by atoms with Crippen molar-refractivity contribution in [3.63, 3.8) is 0 Å². The number of carbonyl (C=O) groups excluding carboxylic acids is 1. The zero-order valence-corrected chi connectivity index (χ0v) is 11.9. The van der Waals surface area contributed by atoms with Crippen LogP contribution in [-0.2, 0) is 16.0 Å². The van der Waals surface area contributed by atoms with Crippen molar-refractivity contribution in [2.75, 3.05) is 0 Å². The highest BCUT2D eigenvalue weighted by atomic mass is 16.4. The van der Waals surface area contributed by atoms with E-state index in [2.05, 4.69) is 15.5 Å². The summed E-state index contributed by atoms with van der Waals surface area (Å²) in [7, 11) is 0. The summed E-state index contributed by atoms with van der Waals surface area (Å²) >= 11 is 0. The third-order valence-corrected chi connectivity index (χ3v) is 3.35. The van der Waals surface area contributed by atoms with E-state index in [1.807, 2.05) is 25.1 Å². The molecule has 6 heteroatoms. The van der Waals surface area contributed by atoms with Crippen LogP contribution in [0.5, 0.6) is 0 Å². The number of rotatable bonds is 7. The minimum absolute atomic E-state index is 0.158. The van der Waals surface area contributed by atoms with E-state index in [0.717, 1.165) is 29.3 Å². The number of nitrogens with zero attached hydrogens (tertiary/aromatic N) is 1. The van der Waals surface area contributed by atoms with E-state index in [1.54, 1.807) is 6.20 Å². The number of carboxylic acid groups (broad SMARTS) is 1. The number of H-pyrrole nitrogens is 1. The van der Waals surface area contributed by atoms with Crippen molar-refractivity contribution in [2.45, 2.75) is 38.6 Å². The van der Waals surface area contributed by atoms with Crippen LogP contribution in [0.25, 0.3) is 10.9 Å². The number of unbranched alkanes of at least 4 members (excludes halogenated alkanes) is 1. The minimum Gasteiger partial charge on any atom is -0.480 e. The minimum atomic E-state index is -0.985. The van der Waals surface area contributed by atoms with Crippen molar-refractivity contribution in [1.29, 1.82) is 0 Å². The molecule has 1 unspecified atom stereocenters. The Kier molecular flexibility index (Phi) is 4.92. The van der Waals surface area contributed by atoms with E-state index < -0.39 is 12.0 Å². The van der Waals surface area contributed by atoms with Crippen LogP contribution in [0.1, 0.15) is 31.7 Å². The number of hydrogen-bond acceptors (Lipinski definition) is 3. The molecule has 112 valence electrons. The predicted octanol–water partition coefficient (Wildman–Crippen LogP) is 1.86. The summed E-state index contributed by atoms with van der Waals surface area (Å²) in [5.41, 5.74) is 1.69. The fraction of sp³-hybridized carbons (Fsp3) is 0.400. The molecule has 3 N–H and O–H groups in total. The molecule has 0 fully saturated rings. The molecule has 1 atom stereocenters. The number of hydrogen-bond donors (Lipinski definition) is 3. The molecule has 0 aliphatic rings. The van der Waals surface area contributed by atoms with Gasteiger partial charge in [0, 0.05) is 5.39 Å². The van der Waals surface area contributed by atoms with E-state index in [1.165, 1.54) is 0 Å². The third kappa shape index (κ3) is 4.05. The zero-order valence-electron chi connectivity index (χ0n) is 11.9. The van der Waals surface area contributed by atoms with Crippen molar-refractivity contribution >= 4 is 22.8 Å². The number of aromatic nitrogens is 2. The molecule has 0 spiro atoms. The first-order chi connectivity index (χ1) is 10.1. The average molecular weight is 289 g/mol. The van der Waals surface area contributed by atoms with Gasteiger partial charge in [0.1, 0.15) is 6.04 Å². The molecule has 0 bridgehead atoms. The lowest BCUT2D eigenvalue weighted by atomic mass is 10.1. The van der Waals surface area contributed by atoms with Crippen LogP contribution >= 0.6 is 0 Å². The number of benzene rings is 1. The third-order valence-electron chi connectivity index (χ3n) is 3.35. The topological polar surface area (TPSA) is 95.1 Å². The van der Waals surface area contributed by atoms with Gasteiger partial charge in [-0.3, -0.25) is 9.89 Å². The highest BCUT2D eigenvalue weighted by Crippen LogP contribution is 2.13. The second-order valence-electron chi connectivity index (χ2n) is 5.07. The lowest BCUT2D eigenvalue weighted by Crippen LogP contribution is -2.41. The Hall–Kier alpha value is -2.37. The van der Waals surface area contributed by atoms with Gasteiger partial charge >= 0.3 is 5.97 Å². The first kappa shape index (κ1) is 15.0. The molecule has 1 aromatic carbocycles. The van der Waals surface area contributed by atoms with Crippen LogP contribution in [0, 0.1) is 0 Å². The number of aliphatic carboxylic acids is 1. The van der Waals surface area contributed by atoms with E-state index in [4.69, 9.17) is 5.11 Å². The van der Waals surface area contributed by atoms with Crippen molar-refractivity contribution < 1.29 is 14.7 Å². The first-order valence-electron chi connectivity index (χ1n) is 7.04. The van der Waals surface area contributed by atoms with Crippen LogP contribution in [0.3, 0.4) is 0 Å². The summed E-state index contributed by atoms with van der Waals surface area (Å²) in [6, 6.07) is 4.77. The summed E-state index contributed by atoms with van der Waals surface area (Å²) in [5.74, 6) is -1.27. The van der Waals surface area contributed by atoms with Gasteiger partial charge in [0.25, 0.3) is 0 Å². The molecule has 0 saturated carbocycles. The maximum atomic E-state index is 12.0. The van der Waals surface area contributed by atoms with Gasteiger partial charge in [0.15, 0.2) is 0 Å². The average Bonchev–Trinajstić information content (AvgIpc) is 2.90. The monoisotopic (exact) mass is 289 g/mol. The van der Waals surface area contributed by atoms with Gasteiger partial charge in [-0.1, -0.05) is 31.9 Å². The number of carboxylic acids is 1. The summed E-state index contributed by atoms with van der Waals surface area (Å²) < 4.78 is 0. The van der Waals surface area contributed by atoms with Crippen LogP contribution in [0.4, 0.5) is 0 Å². The number of amides is 1. The highest BCUT2D eigenvalue weighted by Gasteiger charge is 2.19. The molecule has 0 aliphatic heterocycles. The molecular weight excluding hydrogens is 270 g/mol. The molecule has 0 radical (unpaired) electrons. The fourth-order valence-corrected chi connectivity index (χ4v) is 2.19. The Bertz CT molecular complexity index is 636. The molecule has 1 heterocycles. The second kappa shape index (κ2) is 6.88. The molecule has 2 rings (SSSR count). The number of fused-ring (bicyclic) bond motifs is 1. The molecule has 0 saturated heterocycles. The van der Waals surface area contributed by atoms with Crippen molar-refractivity contribution in [3.8, 4) is 0 Å². The van der Waals surface area contributed by atoms with Gasteiger partial charge < -0.3 is 10.4 Å². The predicted molar refractivity (Wildman–Crippen MR) is 78.9 cm³/mol. The number of aromatic amines is 1. The largest absolute Gasteiger partial charge is 0.480 e. The summed E-state index contributed by atoms with van der Waals surface area (Å²) in [6.07, 6.45) is 4.00. The van der Waals surface area contributed by atoms with Gasteiger partial charge in [0.2, 0.25) is 5.91 Å². The molecule has 1 aromatic heterocycles. The van der Waals surface area contributed by atoms with Crippen LogP contribution < -0.4 is 5.32 Å². The summed E-state index contributed by atoms with van der Waals surface area (Å²) in [5, 5.41) is 19.4. The fourth-order valence-electron chi connectivity index (χ4n) is 2.19. The standard InChI is InChI=1S/C15H19N3O3/c1-2-3-4-12(15(20)21)17-14(19)8-10-5-6-11-9-16-18-13(11)7-10/h5-7,9,12H,2-4,8H2,1H3,(H,16,18)(H,17,19)(H,20,21). The molecule has 1 amide bonds. The SMILES string of the molecule is CCCCC(NC(=O)Cc1ccc2cn[nH]c2c1)C(=O)O. The Balaban J connectivity index is 1.97. The normalized spacial score (nSPS) is 12.2. The van der Waals surface area contributed by atoms with Gasteiger partial charge in [-0.25, -0.2) is 4.79 Å². The van der Waals surface area contributed by atoms with Gasteiger partial charge in [-0.05, 0) is 18.1 Å². The van der Waals surface area contributed by atoms with Crippen molar-refractivity contribution in [3.05, 3.63) is 30.0 Å². The van der Waals surface area contributed by atoms with Gasteiger partial charge in [0.05, 0.1) is 18.1 Å². The lowest BCUT2D eigenvalue weighted by molar-refractivity contribution is -0.142. The Labute approximate surface area is 122 Å². The lowest BCUT2D eigenvalue weighted by Gasteiger charge is -2.14. The van der Waals surface area contributed by atoms with Crippen LogP contribution in [0.2, 0.25) is 0 Å². The summed E-state index contributed by atoms with van der Waals surface area (Å²) in [4.78, 5) is 23.1. The zero-order chi connectivity index (χ0) is 15.2. The number of nitrogens with one attached hydrogen (secondary N) is 2. The molecule has 0 aliphatic carbocycles. The van der Waals surface area contributed by atoms with E-state index >= 15 is 0 Å². The van der Waals surface area contributed by atoms with Crippen molar-refractivity contribution in [2.24, 2.45) is 0 Å². The molecule has 2 aromatic rings.